The molecular weight excluding hydrogens is 294 g/mol. The molecule has 0 aliphatic rings. The maximum atomic E-state index is 12.0. The summed E-state index contributed by atoms with van der Waals surface area (Å²) in [7, 11) is 2.67. The number of hydrogen-bond donors (Lipinski definition) is 0. The minimum atomic E-state index is -0.943. The molecule has 0 aliphatic heterocycles. The van der Waals surface area contributed by atoms with Gasteiger partial charge in [-0.15, -0.1) is 5.10 Å². The Balaban J connectivity index is 2.27. The molecule has 1 aromatic heterocycles. The second-order valence-corrected chi connectivity index (χ2v) is 4.15. The highest BCUT2D eigenvalue weighted by atomic mass is 16.6. The lowest BCUT2D eigenvalue weighted by Gasteiger charge is -2.01. The van der Waals surface area contributed by atoms with Crippen molar-refractivity contribution in [2.24, 2.45) is 7.05 Å². The number of hydrogen-bond acceptors (Lipinski definition) is 7. The first-order valence-electron chi connectivity index (χ1n) is 6.02. The molecule has 0 N–H and O–H groups in total. The van der Waals surface area contributed by atoms with Gasteiger partial charge in [-0.25, -0.2) is 9.59 Å². The Labute approximate surface area is 124 Å². The Kier molecular flexibility index (Phi) is 4.16. The van der Waals surface area contributed by atoms with E-state index >= 15 is 0 Å². The van der Waals surface area contributed by atoms with Crippen LogP contribution in [0.25, 0.3) is 0 Å². The van der Waals surface area contributed by atoms with Gasteiger partial charge in [-0.2, -0.15) is 0 Å². The molecule has 114 valence electrons. The van der Waals surface area contributed by atoms with Gasteiger partial charge >= 0.3 is 11.9 Å². The van der Waals surface area contributed by atoms with E-state index in [4.69, 9.17) is 4.74 Å². The van der Waals surface area contributed by atoms with Gasteiger partial charge < -0.3 is 9.47 Å². The number of aryl methyl sites for hydroxylation is 1. The molecule has 0 saturated carbocycles. The summed E-state index contributed by atoms with van der Waals surface area (Å²) in [4.78, 5) is 33.6. The van der Waals surface area contributed by atoms with Crippen molar-refractivity contribution >= 4 is 17.6 Å². The van der Waals surface area contributed by atoms with E-state index in [0.29, 0.717) is 0 Å². The molecule has 0 spiro atoms. The lowest BCUT2D eigenvalue weighted by molar-refractivity contribution is -0.385. The van der Waals surface area contributed by atoms with Gasteiger partial charge in [-0.1, -0.05) is 12.1 Å². The Morgan fingerprint density at radius 2 is 1.95 bits per heavy atom. The summed E-state index contributed by atoms with van der Waals surface area (Å²) >= 11 is 0. The average molecular weight is 305 g/mol. The van der Waals surface area contributed by atoms with E-state index < -0.39 is 16.9 Å². The minimum absolute atomic E-state index is 0.0767. The predicted molar refractivity (Wildman–Crippen MR) is 72.6 cm³/mol. The fraction of sp³-hybridized carbons (Fsp3) is 0.154. The number of aromatic nitrogens is 2. The second kappa shape index (κ2) is 6.04. The van der Waals surface area contributed by atoms with Crippen LogP contribution in [0.2, 0.25) is 0 Å². The highest BCUT2D eigenvalue weighted by Gasteiger charge is 2.23. The van der Waals surface area contributed by atoms with Crippen LogP contribution in [0, 0.1) is 10.1 Å². The normalized spacial score (nSPS) is 10.1. The zero-order valence-electron chi connectivity index (χ0n) is 11.7. The Hall–Kier alpha value is -3.23. The van der Waals surface area contributed by atoms with Gasteiger partial charge in [0.1, 0.15) is 11.3 Å². The maximum Gasteiger partial charge on any atom is 0.356 e. The topological polar surface area (TPSA) is 114 Å². The molecule has 0 radical (unpaired) electrons. The van der Waals surface area contributed by atoms with Crippen LogP contribution < -0.4 is 4.74 Å². The van der Waals surface area contributed by atoms with Crippen LogP contribution in [-0.2, 0) is 11.8 Å². The zero-order valence-corrected chi connectivity index (χ0v) is 11.7. The molecule has 0 unspecified atom stereocenters. The number of carbonyl (C=O) groups excluding carboxylic acids is 2. The fourth-order valence-corrected chi connectivity index (χ4v) is 1.74. The third kappa shape index (κ3) is 2.92. The summed E-state index contributed by atoms with van der Waals surface area (Å²) in [5.41, 5.74) is -0.512. The second-order valence-electron chi connectivity index (χ2n) is 4.15. The first kappa shape index (κ1) is 15.2. The van der Waals surface area contributed by atoms with E-state index in [1.807, 2.05) is 0 Å². The summed E-state index contributed by atoms with van der Waals surface area (Å²) in [6, 6.07) is 6.57. The molecule has 0 bridgehead atoms. The first-order valence-corrected chi connectivity index (χ1v) is 6.02. The SMILES string of the molecule is COC(=O)c1cc(OC(=O)c2ccccc2[N+](=O)[O-])nn1C. The van der Waals surface area contributed by atoms with Gasteiger partial charge in [0.2, 0.25) is 5.88 Å². The van der Waals surface area contributed by atoms with Crippen LogP contribution in [0.1, 0.15) is 20.8 Å². The molecule has 0 aliphatic carbocycles. The minimum Gasteiger partial charge on any atom is -0.464 e. The maximum absolute atomic E-state index is 12.0. The van der Waals surface area contributed by atoms with Crippen molar-refractivity contribution in [3.63, 3.8) is 0 Å². The van der Waals surface area contributed by atoms with Crippen LogP contribution >= 0.6 is 0 Å². The number of para-hydroxylation sites is 1. The van der Waals surface area contributed by atoms with Crippen molar-refractivity contribution in [3.05, 3.63) is 51.7 Å². The number of nitrogens with zero attached hydrogens (tertiary/aromatic N) is 3. The number of ether oxygens (including phenoxy) is 2. The van der Waals surface area contributed by atoms with Crippen molar-refractivity contribution in [1.82, 2.24) is 9.78 Å². The Morgan fingerprint density at radius 1 is 1.27 bits per heavy atom. The lowest BCUT2D eigenvalue weighted by Crippen LogP contribution is -2.11. The summed E-state index contributed by atoms with van der Waals surface area (Å²) < 4.78 is 10.7. The highest BCUT2D eigenvalue weighted by molar-refractivity contribution is 5.95. The number of benzene rings is 1. The van der Waals surface area contributed by atoms with Gasteiger partial charge in [-0.05, 0) is 6.07 Å². The zero-order chi connectivity index (χ0) is 16.3. The van der Waals surface area contributed by atoms with Crippen molar-refractivity contribution in [1.29, 1.82) is 0 Å². The molecule has 1 aromatic carbocycles. The van der Waals surface area contributed by atoms with E-state index in [1.54, 1.807) is 0 Å². The largest absolute Gasteiger partial charge is 0.464 e. The lowest BCUT2D eigenvalue weighted by atomic mass is 10.2. The number of nitro groups is 1. The van der Waals surface area contributed by atoms with Gasteiger partial charge in [0.05, 0.1) is 12.0 Å². The smallest absolute Gasteiger partial charge is 0.356 e. The van der Waals surface area contributed by atoms with E-state index in [-0.39, 0.29) is 22.8 Å². The van der Waals surface area contributed by atoms with Crippen LogP contribution in [0.15, 0.2) is 30.3 Å². The number of nitro benzene ring substituents is 1. The van der Waals surface area contributed by atoms with Crippen molar-refractivity contribution in [2.75, 3.05) is 7.11 Å². The van der Waals surface area contributed by atoms with Crippen molar-refractivity contribution in [2.45, 2.75) is 0 Å². The first-order chi connectivity index (χ1) is 10.4. The standard InChI is InChI=1S/C13H11N3O6/c1-15-10(13(18)21-2)7-11(14-15)22-12(17)8-5-3-4-6-9(8)16(19)20/h3-7H,1-2H3. The quantitative estimate of drug-likeness (QED) is 0.475. The van der Waals surface area contributed by atoms with E-state index in [0.717, 1.165) is 0 Å². The van der Waals surface area contributed by atoms with Crippen LogP contribution in [0.4, 0.5) is 5.69 Å². The van der Waals surface area contributed by atoms with Gasteiger partial charge in [0.25, 0.3) is 5.69 Å². The molecule has 0 atom stereocenters. The molecule has 0 fully saturated rings. The van der Waals surface area contributed by atoms with E-state index in [2.05, 4.69) is 9.84 Å². The number of rotatable bonds is 4. The van der Waals surface area contributed by atoms with E-state index in [9.17, 15) is 19.7 Å². The van der Waals surface area contributed by atoms with Crippen LogP contribution in [0.3, 0.4) is 0 Å². The third-order valence-electron chi connectivity index (χ3n) is 2.77. The molecule has 0 amide bonds. The van der Waals surface area contributed by atoms with Crippen LogP contribution in [0.5, 0.6) is 5.88 Å². The molecule has 22 heavy (non-hydrogen) atoms. The van der Waals surface area contributed by atoms with Gasteiger partial charge in [0, 0.05) is 19.2 Å². The third-order valence-corrected chi connectivity index (χ3v) is 2.77. The molecule has 2 aromatic rings. The molecule has 2 rings (SSSR count). The van der Waals surface area contributed by atoms with Crippen LogP contribution in [-0.4, -0.2) is 33.8 Å². The van der Waals surface area contributed by atoms with Gasteiger partial charge in [-0.3, -0.25) is 14.8 Å². The highest BCUT2D eigenvalue weighted by Crippen LogP contribution is 2.20. The average Bonchev–Trinajstić information content (AvgIpc) is 2.86. The van der Waals surface area contributed by atoms with Gasteiger partial charge in [0.15, 0.2) is 0 Å². The number of carbonyl (C=O) groups is 2. The monoisotopic (exact) mass is 305 g/mol. The Morgan fingerprint density at radius 3 is 2.59 bits per heavy atom. The van der Waals surface area contributed by atoms with Crippen molar-refractivity contribution in [3.8, 4) is 5.88 Å². The summed E-state index contributed by atoms with van der Waals surface area (Å²) in [6.45, 7) is 0. The molecular formula is C13H11N3O6. The number of esters is 2. The van der Waals surface area contributed by atoms with Crippen molar-refractivity contribution < 1.29 is 24.0 Å². The molecule has 9 heteroatoms. The molecule has 1 heterocycles. The fourth-order valence-electron chi connectivity index (χ4n) is 1.74. The van der Waals surface area contributed by atoms with E-state index in [1.165, 1.54) is 49.2 Å². The summed E-state index contributed by atoms with van der Waals surface area (Å²) in [5, 5.41) is 14.7. The summed E-state index contributed by atoms with van der Waals surface area (Å²) in [5.74, 6) is -1.75. The number of methoxy groups -OCH3 is 1. The Bertz CT molecular complexity index is 752. The molecule has 9 nitrogen and oxygen atoms in total. The predicted octanol–water partition coefficient (Wildman–Crippen LogP) is 1.33. The molecule has 0 saturated heterocycles. The summed E-state index contributed by atoms with van der Waals surface area (Å²) in [6.07, 6.45) is 0.